The second-order valence-electron chi connectivity index (χ2n) is 9.96. The topological polar surface area (TPSA) is 107 Å². The number of aromatic nitrogens is 3. The van der Waals surface area contributed by atoms with Crippen molar-refractivity contribution >= 4 is 34.2 Å². The Bertz CT molecular complexity index is 1650. The van der Waals surface area contributed by atoms with Gasteiger partial charge in [0.15, 0.2) is 11.6 Å². The van der Waals surface area contributed by atoms with Gasteiger partial charge in [0.2, 0.25) is 5.88 Å². The van der Waals surface area contributed by atoms with Gasteiger partial charge in [-0.15, -0.1) is 0 Å². The lowest BCUT2D eigenvalue weighted by Crippen LogP contribution is -2.48. The fourth-order valence-electron chi connectivity index (χ4n) is 5.52. The van der Waals surface area contributed by atoms with Crippen molar-refractivity contribution in [3.63, 3.8) is 0 Å². The molecule has 5 heterocycles. The van der Waals surface area contributed by atoms with E-state index in [1.54, 1.807) is 43.4 Å². The third-order valence-corrected chi connectivity index (χ3v) is 8.68. The molecule has 0 spiro atoms. The van der Waals surface area contributed by atoms with Crippen molar-refractivity contribution in [2.45, 2.75) is 42.9 Å². The van der Waals surface area contributed by atoms with Gasteiger partial charge in [-0.1, -0.05) is 11.8 Å². The number of halogens is 1. The van der Waals surface area contributed by atoms with Crippen LogP contribution in [0.5, 0.6) is 5.88 Å². The quantitative estimate of drug-likeness (QED) is 0.225. The van der Waals surface area contributed by atoms with Crippen LogP contribution >= 0.6 is 11.8 Å². The van der Waals surface area contributed by atoms with Crippen molar-refractivity contribution < 1.29 is 14.1 Å². The lowest BCUT2D eigenvalue weighted by atomic mass is 10.0. The molecule has 1 saturated heterocycles. The molecule has 2 aliphatic rings. The van der Waals surface area contributed by atoms with Gasteiger partial charge in [0.05, 0.1) is 29.2 Å². The number of fused-ring (bicyclic) bond motifs is 3. The molecule has 0 aliphatic carbocycles. The van der Waals surface area contributed by atoms with Crippen LogP contribution in [0.1, 0.15) is 24.0 Å². The van der Waals surface area contributed by atoms with Crippen LogP contribution in [0, 0.1) is 15.9 Å². The lowest BCUT2D eigenvalue weighted by Gasteiger charge is -2.40. The number of hydrogen-bond donors (Lipinski definition) is 0. The third-order valence-electron chi connectivity index (χ3n) is 7.55. The van der Waals surface area contributed by atoms with Crippen molar-refractivity contribution in [2.24, 2.45) is 0 Å². The van der Waals surface area contributed by atoms with Gasteiger partial charge in [-0.05, 0) is 58.6 Å². The summed E-state index contributed by atoms with van der Waals surface area (Å²) < 4.78 is 21.6. The number of rotatable bonds is 8. The molecule has 1 aromatic carbocycles. The summed E-state index contributed by atoms with van der Waals surface area (Å²) in [5.41, 5.74) is 3.10. The zero-order chi connectivity index (χ0) is 27.8. The minimum Gasteiger partial charge on any atom is -0.481 e. The summed E-state index contributed by atoms with van der Waals surface area (Å²) in [7, 11) is 1.58. The summed E-state index contributed by atoms with van der Waals surface area (Å²) >= 11 is 1.63. The summed E-state index contributed by atoms with van der Waals surface area (Å²) in [5, 5.41) is 12.4. The molecule has 1 atom stereocenters. The SMILES string of the molecule is COc1cc(CN(Cc2c3n(c4ccc(F)cc4c2=O)CS3)[C@H]2CCCN(c3ccc([N+](=O)[O-])nc3)C2)ccn1. The highest BCUT2D eigenvalue weighted by molar-refractivity contribution is 7.99. The molecule has 12 heteroatoms. The lowest BCUT2D eigenvalue weighted by molar-refractivity contribution is -0.389. The average Bonchev–Trinajstić information content (AvgIpc) is 2.96. The number of nitro groups is 1. The molecule has 3 aromatic heterocycles. The Kier molecular flexibility index (Phi) is 7.11. The first-order valence-corrected chi connectivity index (χ1v) is 14.0. The fourth-order valence-corrected chi connectivity index (χ4v) is 6.48. The summed E-state index contributed by atoms with van der Waals surface area (Å²) in [6.07, 6.45) is 5.07. The van der Waals surface area contributed by atoms with Gasteiger partial charge in [0.1, 0.15) is 5.82 Å². The standard InChI is InChI=1S/C28H27FN6O4S/c1-39-26-11-18(8-9-30-26)14-33(21-3-2-10-32(15-21)20-5-7-25(31-13-20)35(37)38)16-23-27(36)22-12-19(29)4-6-24(22)34-17-40-28(23)34/h4-9,11-13,21H,2-3,10,14-17H2,1H3/t21-/m0/s1. The monoisotopic (exact) mass is 562 g/mol. The second kappa shape index (κ2) is 10.9. The first kappa shape index (κ1) is 26.2. The van der Waals surface area contributed by atoms with E-state index >= 15 is 0 Å². The maximum Gasteiger partial charge on any atom is 0.363 e. The minimum absolute atomic E-state index is 0.0800. The molecule has 0 amide bonds. The molecule has 0 saturated carbocycles. The smallest absolute Gasteiger partial charge is 0.363 e. The minimum atomic E-state index is -0.505. The highest BCUT2D eigenvalue weighted by Crippen LogP contribution is 2.37. The van der Waals surface area contributed by atoms with Crippen molar-refractivity contribution in [1.82, 2.24) is 19.4 Å². The van der Waals surface area contributed by atoms with E-state index in [9.17, 15) is 19.3 Å². The van der Waals surface area contributed by atoms with Crippen LogP contribution in [0.4, 0.5) is 15.9 Å². The van der Waals surface area contributed by atoms with Crippen LogP contribution < -0.4 is 15.1 Å². The molecule has 40 heavy (non-hydrogen) atoms. The summed E-state index contributed by atoms with van der Waals surface area (Å²) in [6, 6.07) is 11.5. The molecular formula is C28H27FN6O4S. The first-order valence-electron chi connectivity index (χ1n) is 13.0. The van der Waals surface area contributed by atoms with Gasteiger partial charge < -0.3 is 24.3 Å². The molecule has 0 bridgehead atoms. The van der Waals surface area contributed by atoms with Gasteiger partial charge >= 0.3 is 5.82 Å². The van der Waals surface area contributed by atoms with Crippen LogP contribution in [0.15, 0.2) is 64.7 Å². The van der Waals surface area contributed by atoms with Gasteiger partial charge in [-0.3, -0.25) is 9.69 Å². The maximum absolute atomic E-state index is 14.2. The van der Waals surface area contributed by atoms with E-state index in [0.717, 1.165) is 47.1 Å². The van der Waals surface area contributed by atoms with Crippen molar-refractivity contribution in [1.29, 1.82) is 0 Å². The predicted octanol–water partition coefficient (Wildman–Crippen LogP) is 4.58. The predicted molar refractivity (Wildman–Crippen MR) is 150 cm³/mol. The number of ether oxygens (including phenoxy) is 1. The maximum atomic E-state index is 14.2. The van der Waals surface area contributed by atoms with Crippen LogP contribution in [-0.2, 0) is 19.0 Å². The van der Waals surface area contributed by atoms with E-state index in [1.807, 2.05) is 12.1 Å². The molecule has 206 valence electrons. The number of nitrogens with zero attached hydrogens (tertiary/aromatic N) is 6. The van der Waals surface area contributed by atoms with Crippen molar-refractivity contribution in [3.05, 3.63) is 92.1 Å². The number of methoxy groups -OCH3 is 1. The molecule has 6 rings (SSSR count). The van der Waals surface area contributed by atoms with Crippen LogP contribution in [0.3, 0.4) is 0 Å². The van der Waals surface area contributed by atoms with Crippen LogP contribution in [0.2, 0.25) is 0 Å². The fraction of sp³-hybridized carbons (Fsp3) is 0.321. The Hall–Kier alpha value is -4.03. The number of piperidine rings is 1. The highest BCUT2D eigenvalue weighted by atomic mass is 32.2. The Morgan fingerprint density at radius 1 is 1.20 bits per heavy atom. The van der Waals surface area contributed by atoms with Crippen molar-refractivity contribution in [3.8, 4) is 5.88 Å². The molecule has 2 aliphatic heterocycles. The van der Waals surface area contributed by atoms with Gasteiger partial charge in [0, 0.05) is 61.5 Å². The van der Waals surface area contributed by atoms with Gasteiger partial charge in [-0.2, -0.15) is 0 Å². The molecule has 1 fully saturated rings. The van der Waals surface area contributed by atoms with E-state index in [0.29, 0.717) is 36.5 Å². The first-order chi connectivity index (χ1) is 19.4. The van der Waals surface area contributed by atoms with Gasteiger partial charge in [-0.25, -0.2) is 9.37 Å². The number of hydrogen-bond acceptors (Lipinski definition) is 9. The van der Waals surface area contributed by atoms with E-state index in [2.05, 4.69) is 24.3 Å². The molecule has 10 nitrogen and oxygen atoms in total. The Morgan fingerprint density at radius 2 is 2.08 bits per heavy atom. The normalized spacial score (nSPS) is 16.6. The molecule has 0 unspecified atom stereocenters. The van der Waals surface area contributed by atoms with Crippen LogP contribution in [-0.4, -0.2) is 50.6 Å². The number of thioether (sulfide) groups is 1. The highest BCUT2D eigenvalue weighted by Gasteiger charge is 2.31. The Labute approximate surface area is 233 Å². The average molecular weight is 563 g/mol. The molecule has 4 aromatic rings. The summed E-state index contributed by atoms with van der Waals surface area (Å²) in [4.78, 5) is 37.0. The summed E-state index contributed by atoms with van der Waals surface area (Å²) in [5.74, 6) is 0.620. The second-order valence-corrected chi connectivity index (χ2v) is 10.9. The van der Waals surface area contributed by atoms with E-state index in [-0.39, 0.29) is 17.3 Å². The third kappa shape index (κ3) is 5.00. The van der Waals surface area contributed by atoms with Crippen molar-refractivity contribution in [2.75, 3.05) is 25.1 Å². The zero-order valence-corrected chi connectivity index (χ0v) is 22.6. The molecule has 0 radical (unpaired) electrons. The number of anilines is 1. The van der Waals surface area contributed by atoms with E-state index in [4.69, 9.17) is 4.74 Å². The largest absolute Gasteiger partial charge is 0.481 e. The van der Waals surface area contributed by atoms with E-state index in [1.165, 1.54) is 18.2 Å². The number of pyridine rings is 3. The van der Waals surface area contributed by atoms with E-state index < -0.39 is 10.7 Å². The number of benzene rings is 1. The van der Waals surface area contributed by atoms with Gasteiger partial charge in [0.25, 0.3) is 0 Å². The molecule has 0 N–H and O–H groups in total. The summed E-state index contributed by atoms with van der Waals surface area (Å²) in [6.45, 7) is 2.42. The Morgan fingerprint density at radius 3 is 2.80 bits per heavy atom. The molecular weight excluding hydrogens is 535 g/mol. The Balaban J connectivity index is 1.35. The zero-order valence-electron chi connectivity index (χ0n) is 21.8. The van der Waals surface area contributed by atoms with Crippen LogP contribution in [0.25, 0.3) is 10.9 Å².